The Bertz CT molecular complexity index is 598. The van der Waals surface area contributed by atoms with Crippen LogP contribution in [-0.4, -0.2) is 38.7 Å². The van der Waals surface area contributed by atoms with Gasteiger partial charge in [-0.25, -0.2) is 12.7 Å². The van der Waals surface area contributed by atoms with E-state index in [4.69, 9.17) is 4.74 Å². The summed E-state index contributed by atoms with van der Waals surface area (Å²) in [6, 6.07) is 8.08. The van der Waals surface area contributed by atoms with Crippen LogP contribution in [0, 0.1) is 5.92 Å². The molecule has 4 nitrogen and oxygen atoms in total. The van der Waals surface area contributed by atoms with E-state index in [-0.39, 0.29) is 5.75 Å². The average Bonchev–Trinajstić information content (AvgIpc) is 2.53. The molecule has 2 rings (SSSR count). The third-order valence-electron chi connectivity index (χ3n) is 4.18. The molecule has 5 heteroatoms. The van der Waals surface area contributed by atoms with E-state index in [1.54, 1.807) is 11.4 Å². The predicted octanol–water partition coefficient (Wildman–Crippen LogP) is 2.86. The smallest absolute Gasteiger partial charge is 0.217 e. The first-order valence-electron chi connectivity index (χ1n) is 7.77. The molecule has 1 unspecified atom stereocenters. The highest BCUT2D eigenvalue weighted by molar-refractivity contribution is 7.89. The third kappa shape index (κ3) is 4.58. The van der Waals surface area contributed by atoms with E-state index >= 15 is 0 Å². The molecule has 0 radical (unpaired) electrons. The monoisotopic (exact) mass is 323 g/mol. The summed E-state index contributed by atoms with van der Waals surface area (Å²) in [5.74, 6) is 1.34. The maximum absolute atomic E-state index is 12.1. The van der Waals surface area contributed by atoms with E-state index in [1.807, 2.05) is 12.1 Å². The van der Waals surface area contributed by atoms with Gasteiger partial charge in [-0.15, -0.1) is 6.58 Å². The van der Waals surface area contributed by atoms with Crippen LogP contribution in [0.25, 0.3) is 0 Å². The van der Waals surface area contributed by atoms with Crippen LogP contribution in [0.15, 0.2) is 36.9 Å². The molecule has 1 atom stereocenters. The van der Waals surface area contributed by atoms with E-state index in [0.29, 0.717) is 19.0 Å². The third-order valence-corrected chi connectivity index (χ3v) is 5.95. The minimum absolute atomic E-state index is 0.0373. The Hall–Kier alpha value is -1.33. The highest BCUT2D eigenvalue weighted by atomic mass is 32.2. The highest BCUT2D eigenvalue weighted by Gasteiger charge is 2.27. The number of nitrogens with zero attached hydrogens (tertiary/aromatic N) is 1. The number of rotatable bonds is 7. The maximum atomic E-state index is 12.1. The number of benzene rings is 1. The lowest BCUT2D eigenvalue weighted by Gasteiger charge is -2.31. The molecule has 1 aliphatic rings. The highest BCUT2D eigenvalue weighted by Crippen LogP contribution is 2.24. The molecule has 1 saturated heterocycles. The van der Waals surface area contributed by atoms with E-state index in [2.05, 4.69) is 18.7 Å². The molecule has 1 aliphatic heterocycles. The Morgan fingerprint density at radius 3 is 3.00 bits per heavy atom. The fourth-order valence-electron chi connectivity index (χ4n) is 2.97. The zero-order valence-electron chi connectivity index (χ0n) is 13.2. The standard InChI is InChI=1S/C17H25NO3S/c1-3-12-22(19,20)18-11-5-7-16(14-18)10-9-15-6-4-8-17(13-15)21-2/h3-4,6,8,13,16H,1,5,7,9-12,14H2,2H3. The summed E-state index contributed by atoms with van der Waals surface area (Å²) >= 11 is 0. The minimum atomic E-state index is -3.16. The summed E-state index contributed by atoms with van der Waals surface area (Å²) in [4.78, 5) is 0. The molecule has 0 amide bonds. The van der Waals surface area contributed by atoms with Gasteiger partial charge in [-0.2, -0.15) is 0 Å². The van der Waals surface area contributed by atoms with Crippen molar-refractivity contribution < 1.29 is 13.2 Å². The van der Waals surface area contributed by atoms with Crippen molar-refractivity contribution in [3.8, 4) is 5.75 Å². The second kappa shape index (κ2) is 7.79. The van der Waals surface area contributed by atoms with Crippen LogP contribution in [-0.2, 0) is 16.4 Å². The van der Waals surface area contributed by atoms with E-state index in [0.717, 1.165) is 31.4 Å². The van der Waals surface area contributed by atoms with E-state index in [9.17, 15) is 8.42 Å². The molecule has 1 heterocycles. The van der Waals surface area contributed by atoms with E-state index in [1.165, 1.54) is 11.6 Å². The number of methoxy groups -OCH3 is 1. The van der Waals surface area contributed by atoms with Crippen molar-refractivity contribution in [1.29, 1.82) is 0 Å². The largest absolute Gasteiger partial charge is 0.497 e. The number of hydrogen-bond acceptors (Lipinski definition) is 3. The van der Waals surface area contributed by atoms with Gasteiger partial charge < -0.3 is 4.74 Å². The lowest BCUT2D eigenvalue weighted by molar-refractivity contribution is 0.256. The van der Waals surface area contributed by atoms with Gasteiger partial charge in [0.05, 0.1) is 12.9 Å². The van der Waals surface area contributed by atoms with Crippen LogP contribution in [0.2, 0.25) is 0 Å². The van der Waals surface area contributed by atoms with Crippen LogP contribution < -0.4 is 4.74 Å². The summed E-state index contributed by atoms with van der Waals surface area (Å²) in [6.45, 7) is 4.82. The van der Waals surface area contributed by atoms with Crippen molar-refractivity contribution >= 4 is 10.0 Å². The fourth-order valence-corrected chi connectivity index (χ4v) is 4.32. The zero-order chi connectivity index (χ0) is 16.0. The Morgan fingerprint density at radius 2 is 2.27 bits per heavy atom. The number of hydrogen-bond donors (Lipinski definition) is 0. The van der Waals surface area contributed by atoms with E-state index < -0.39 is 10.0 Å². The molecule has 0 bridgehead atoms. The molecule has 0 spiro atoms. The van der Waals surface area contributed by atoms with Gasteiger partial charge in [0.1, 0.15) is 5.75 Å². The summed E-state index contributed by atoms with van der Waals surface area (Å²) < 4.78 is 31.1. The van der Waals surface area contributed by atoms with Crippen LogP contribution in [0.3, 0.4) is 0 Å². The van der Waals surface area contributed by atoms with Crippen LogP contribution in [0.5, 0.6) is 5.75 Å². The van der Waals surface area contributed by atoms with Crippen molar-refractivity contribution in [3.63, 3.8) is 0 Å². The van der Waals surface area contributed by atoms with Gasteiger partial charge >= 0.3 is 0 Å². The second-order valence-electron chi connectivity index (χ2n) is 5.82. The molecular formula is C17H25NO3S. The minimum Gasteiger partial charge on any atom is -0.497 e. The first-order chi connectivity index (χ1) is 10.5. The Labute approximate surface area is 133 Å². The molecule has 0 aromatic heterocycles. The van der Waals surface area contributed by atoms with Crippen LogP contribution in [0.4, 0.5) is 0 Å². The zero-order valence-corrected chi connectivity index (χ0v) is 14.0. The molecule has 0 saturated carbocycles. The van der Waals surface area contributed by atoms with Crippen LogP contribution in [0.1, 0.15) is 24.8 Å². The van der Waals surface area contributed by atoms with Gasteiger partial charge in [0.2, 0.25) is 10.0 Å². The first-order valence-corrected chi connectivity index (χ1v) is 9.37. The van der Waals surface area contributed by atoms with Crippen LogP contribution >= 0.6 is 0 Å². The summed E-state index contributed by atoms with van der Waals surface area (Å²) in [6.07, 6.45) is 5.48. The van der Waals surface area contributed by atoms with Crippen molar-refractivity contribution in [1.82, 2.24) is 4.31 Å². The van der Waals surface area contributed by atoms with Gasteiger partial charge in [-0.1, -0.05) is 18.2 Å². The molecule has 22 heavy (non-hydrogen) atoms. The lowest BCUT2D eigenvalue weighted by atomic mass is 9.93. The molecule has 1 aromatic rings. The second-order valence-corrected chi connectivity index (χ2v) is 7.84. The van der Waals surface area contributed by atoms with Gasteiger partial charge in [-0.05, 0) is 49.3 Å². The number of sulfonamides is 1. The SMILES string of the molecule is C=CCS(=O)(=O)N1CCCC(CCc2cccc(OC)c2)C1. The van der Waals surface area contributed by atoms with Crippen molar-refractivity contribution in [2.45, 2.75) is 25.7 Å². The maximum Gasteiger partial charge on any atom is 0.217 e. The molecule has 122 valence electrons. The summed E-state index contributed by atoms with van der Waals surface area (Å²) in [5, 5.41) is 0. The molecule has 1 aromatic carbocycles. The quantitative estimate of drug-likeness (QED) is 0.725. The molecular weight excluding hydrogens is 298 g/mol. The fraction of sp³-hybridized carbons (Fsp3) is 0.529. The Balaban J connectivity index is 1.91. The van der Waals surface area contributed by atoms with Crippen molar-refractivity contribution in [3.05, 3.63) is 42.5 Å². The Morgan fingerprint density at radius 1 is 1.45 bits per heavy atom. The number of piperidine rings is 1. The van der Waals surface area contributed by atoms with Gasteiger partial charge in [0.15, 0.2) is 0 Å². The molecule has 1 fully saturated rings. The Kier molecular flexibility index (Phi) is 6.03. The average molecular weight is 323 g/mol. The molecule has 0 aliphatic carbocycles. The van der Waals surface area contributed by atoms with Gasteiger partial charge in [0, 0.05) is 13.1 Å². The predicted molar refractivity (Wildman–Crippen MR) is 89.6 cm³/mol. The lowest BCUT2D eigenvalue weighted by Crippen LogP contribution is -2.40. The first kappa shape index (κ1) is 17.0. The van der Waals surface area contributed by atoms with Gasteiger partial charge in [-0.3, -0.25) is 0 Å². The van der Waals surface area contributed by atoms with Crippen molar-refractivity contribution in [2.24, 2.45) is 5.92 Å². The normalized spacial score (nSPS) is 19.8. The van der Waals surface area contributed by atoms with Crippen molar-refractivity contribution in [2.75, 3.05) is 26.0 Å². The number of ether oxygens (including phenoxy) is 1. The topological polar surface area (TPSA) is 46.6 Å². The number of aryl methyl sites for hydroxylation is 1. The molecule has 0 N–H and O–H groups in total. The van der Waals surface area contributed by atoms with Gasteiger partial charge in [0.25, 0.3) is 0 Å². The summed E-state index contributed by atoms with van der Waals surface area (Å²) in [5.41, 5.74) is 1.24. The summed E-state index contributed by atoms with van der Waals surface area (Å²) in [7, 11) is -1.50.